The Kier molecular flexibility index (Phi) is 5.49. The monoisotopic (exact) mass is 386 g/mol. The van der Waals surface area contributed by atoms with Gasteiger partial charge in [0.1, 0.15) is 17.4 Å². The number of halogens is 2. The van der Waals surface area contributed by atoms with Gasteiger partial charge in [-0.15, -0.1) is 0 Å². The molecule has 8 heteroatoms. The van der Waals surface area contributed by atoms with Crippen LogP contribution in [0, 0.1) is 18.6 Å². The molecule has 0 fully saturated rings. The van der Waals surface area contributed by atoms with E-state index < -0.39 is 30.1 Å². The van der Waals surface area contributed by atoms with Crippen LogP contribution in [-0.2, 0) is 9.53 Å². The Labute approximate surface area is 159 Å². The Morgan fingerprint density at radius 3 is 2.61 bits per heavy atom. The van der Waals surface area contributed by atoms with Crippen molar-refractivity contribution >= 4 is 28.5 Å². The van der Waals surface area contributed by atoms with Crippen molar-refractivity contribution < 1.29 is 27.8 Å². The number of carbonyl (C=O) groups excluding carboxylic acids is 2. The standard InChI is InChI=1S/C20H16F2N2O4/c1-11-3-5-13(8-15(11)22)23-19(25)10-28-18-9-17(20(26)27-2)24-16-6-4-12(21)7-14(16)18/h3-9H,10H2,1-2H3,(H,23,25). The fourth-order valence-corrected chi connectivity index (χ4v) is 2.51. The number of methoxy groups -OCH3 is 1. The van der Waals surface area contributed by atoms with Gasteiger partial charge in [-0.05, 0) is 42.8 Å². The van der Waals surface area contributed by atoms with Crippen molar-refractivity contribution in [3.8, 4) is 5.75 Å². The van der Waals surface area contributed by atoms with E-state index >= 15 is 0 Å². The van der Waals surface area contributed by atoms with Crippen molar-refractivity contribution in [1.82, 2.24) is 4.98 Å². The topological polar surface area (TPSA) is 77.5 Å². The Balaban J connectivity index is 1.82. The largest absolute Gasteiger partial charge is 0.483 e. The number of carbonyl (C=O) groups is 2. The number of anilines is 1. The average Bonchev–Trinajstić information content (AvgIpc) is 2.68. The number of nitrogens with one attached hydrogen (secondary N) is 1. The number of aromatic nitrogens is 1. The van der Waals surface area contributed by atoms with Crippen molar-refractivity contribution in [2.24, 2.45) is 0 Å². The van der Waals surface area contributed by atoms with Crippen LogP contribution in [0.4, 0.5) is 14.5 Å². The first-order valence-electron chi connectivity index (χ1n) is 8.25. The van der Waals surface area contributed by atoms with Crippen LogP contribution in [-0.4, -0.2) is 30.6 Å². The number of fused-ring (bicyclic) bond motifs is 1. The lowest BCUT2D eigenvalue weighted by Crippen LogP contribution is -2.20. The number of hydrogen-bond donors (Lipinski definition) is 1. The molecule has 0 saturated carbocycles. The summed E-state index contributed by atoms with van der Waals surface area (Å²) in [6, 6.07) is 9.33. The lowest BCUT2D eigenvalue weighted by atomic mass is 10.1. The fraction of sp³-hybridized carbons (Fsp3) is 0.150. The van der Waals surface area contributed by atoms with Gasteiger partial charge in [-0.1, -0.05) is 6.07 Å². The number of rotatable bonds is 5. The van der Waals surface area contributed by atoms with E-state index in [1.807, 2.05) is 0 Å². The number of nitrogens with zero attached hydrogens (tertiary/aromatic N) is 1. The van der Waals surface area contributed by atoms with Crippen LogP contribution in [0.5, 0.6) is 5.75 Å². The number of pyridine rings is 1. The molecule has 2 aromatic carbocycles. The molecule has 144 valence electrons. The van der Waals surface area contributed by atoms with Crippen LogP contribution < -0.4 is 10.1 Å². The lowest BCUT2D eigenvalue weighted by molar-refractivity contribution is -0.118. The highest BCUT2D eigenvalue weighted by atomic mass is 19.1. The molecule has 1 heterocycles. The highest BCUT2D eigenvalue weighted by Crippen LogP contribution is 2.27. The Bertz CT molecular complexity index is 1070. The van der Waals surface area contributed by atoms with Crippen molar-refractivity contribution in [2.45, 2.75) is 6.92 Å². The first-order chi connectivity index (χ1) is 13.4. The van der Waals surface area contributed by atoms with E-state index in [1.165, 1.54) is 43.5 Å². The third-order valence-electron chi connectivity index (χ3n) is 3.94. The molecule has 6 nitrogen and oxygen atoms in total. The molecule has 0 bridgehead atoms. The minimum atomic E-state index is -0.698. The SMILES string of the molecule is COC(=O)c1cc(OCC(=O)Nc2ccc(C)c(F)c2)c2cc(F)ccc2n1. The fourth-order valence-electron chi connectivity index (χ4n) is 2.51. The molecule has 1 amide bonds. The van der Waals surface area contributed by atoms with Crippen molar-refractivity contribution in [1.29, 1.82) is 0 Å². The molecule has 28 heavy (non-hydrogen) atoms. The zero-order valence-corrected chi connectivity index (χ0v) is 15.1. The number of amides is 1. The van der Waals surface area contributed by atoms with Crippen LogP contribution >= 0.6 is 0 Å². The molecule has 0 spiro atoms. The van der Waals surface area contributed by atoms with E-state index in [2.05, 4.69) is 15.0 Å². The summed E-state index contributed by atoms with van der Waals surface area (Å²) in [6.07, 6.45) is 0. The second-order valence-corrected chi connectivity index (χ2v) is 5.96. The molecule has 0 aliphatic heterocycles. The number of ether oxygens (including phenoxy) is 2. The molecular weight excluding hydrogens is 370 g/mol. The van der Waals surface area contributed by atoms with Crippen molar-refractivity contribution in [2.75, 3.05) is 19.0 Å². The number of hydrogen-bond acceptors (Lipinski definition) is 5. The molecule has 0 atom stereocenters. The second-order valence-electron chi connectivity index (χ2n) is 5.96. The molecule has 1 N–H and O–H groups in total. The van der Waals surface area contributed by atoms with E-state index in [9.17, 15) is 18.4 Å². The molecule has 0 aliphatic rings. The summed E-state index contributed by atoms with van der Waals surface area (Å²) in [5, 5.41) is 2.80. The van der Waals surface area contributed by atoms with Crippen molar-refractivity contribution in [3.63, 3.8) is 0 Å². The number of aryl methyl sites for hydroxylation is 1. The summed E-state index contributed by atoms with van der Waals surface area (Å²) in [5.74, 6) is -2.13. The normalized spacial score (nSPS) is 10.6. The zero-order chi connectivity index (χ0) is 20.3. The van der Waals surface area contributed by atoms with Gasteiger partial charge >= 0.3 is 5.97 Å². The maximum atomic E-state index is 13.6. The zero-order valence-electron chi connectivity index (χ0n) is 15.1. The van der Waals surface area contributed by atoms with Gasteiger partial charge in [0, 0.05) is 17.1 Å². The van der Waals surface area contributed by atoms with Gasteiger partial charge in [0.05, 0.1) is 12.6 Å². The molecule has 0 radical (unpaired) electrons. The molecule has 3 rings (SSSR count). The molecule has 3 aromatic rings. The predicted octanol–water partition coefficient (Wildman–Crippen LogP) is 3.63. The highest BCUT2D eigenvalue weighted by molar-refractivity contribution is 5.95. The summed E-state index contributed by atoms with van der Waals surface area (Å²) in [6.45, 7) is 1.17. The summed E-state index contributed by atoms with van der Waals surface area (Å²) >= 11 is 0. The van der Waals surface area contributed by atoms with E-state index in [0.717, 1.165) is 0 Å². The van der Waals surface area contributed by atoms with E-state index in [1.54, 1.807) is 13.0 Å². The quantitative estimate of drug-likeness (QED) is 0.678. The average molecular weight is 386 g/mol. The van der Waals surface area contributed by atoms with Gasteiger partial charge in [0.15, 0.2) is 12.3 Å². The third-order valence-corrected chi connectivity index (χ3v) is 3.94. The first kappa shape index (κ1) is 19.2. The van der Waals surface area contributed by atoms with E-state index in [-0.39, 0.29) is 17.1 Å². The van der Waals surface area contributed by atoms with Gasteiger partial charge < -0.3 is 14.8 Å². The summed E-state index contributed by atoms with van der Waals surface area (Å²) in [7, 11) is 1.20. The first-order valence-corrected chi connectivity index (χ1v) is 8.25. The van der Waals surface area contributed by atoms with Crippen LogP contribution in [0.2, 0.25) is 0 Å². The summed E-state index contributed by atoms with van der Waals surface area (Å²) < 4.78 is 37.3. The molecule has 0 unspecified atom stereocenters. The van der Waals surface area contributed by atoms with Gasteiger partial charge in [0.25, 0.3) is 5.91 Å². The van der Waals surface area contributed by atoms with Crippen LogP contribution in [0.1, 0.15) is 16.1 Å². The van der Waals surface area contributed by atoms with Gasteiger partial charge in [-0.25, -0.2) is 18.6 Å². The molecular formula is C20H16F2N2O4. The Morgan fingerprint density at radius 1 is 1.11 bits per heavy atom. The third kappa shape index (κ3) is 4.22. The smallest absolute Gasteiger partial charge is 0.356 e. The predicted molar refractivity (Wildman–Crippen MR) is 98.3 cm³/mol. The molecule has 0 aliphatic carbocycles. The van der Waals surface area contributed by atoms with Crippen LogP contribution in [0.3, 0.4) is 0 Å². The highest BCUT2D eigenvalue weighted by Gasteiger charge is 2.15. The number of esters is 1. The van der Waals surface area contributed by atoms with Gasteiger partial charge in [0.2, 0.25) is 0 Å². The van der Waals surface area contributed by atoms with Gasteiger partial charge in [-0.3, -0.25) is 4.79 Å². The van der Waals surface area contributed by atoms with E-state index in [0.29, 0.717) is 16.5 Å². The minimum absolute atomic E-state index is 0.0439. The van der Waals surface area contributed by atoms with Crippen LogP contribution in [0.15, 0.2) is 42.5 Å². The van der Waals surface area contributed by atoms with Crippen LogP contribution in [0.25, 0.3) is 10.9 Å². The lowest BCUT2D eigenvalue weighted by Gasteiger charge is -2.11. The number of benzene rings is 2. The molecule has 0 saturated heterocycles. The minimum Gasteiger partial charge on any atom is -0.483 e. The second kappa shape index (κ2) is 7.99. The summed E-state index contributed by atoms with van der Waals surface area (Å²) in [4.78, 5) is 28.0. The van der Waals surface area contributed by atoms with Gasteiger partial charge in [-0.2, -0.15) is 0 Å². The summed E-state index contributed by atoms with van der Waals surface area (Å²) in [5.41, 5.74) is 0.991. The molecule has 1 aromatic heterocycles. The van der Waals surface area contributed by atoms with E-state index in [4.69, 9.17) is 4.74 Å². The van der Waals surface area contributed by atoms with Crippen molar-refractivity contribution in [3.05, 3.63) is 65.4 Å². The Morgan fingerprint density at radius 2 is 1.89 bits per heavy atom. The Hall–Kier alpha value is -3.55. The maximum absolute atomic E-state index is 13.6. The maximum Gasteiger partial charge on any atom is 0.356 e.